The molecule has 1 aromatic rings. The molecule has 0 saturated carbocycles. The minimum Gasteiger partial charge on any atom is -0.354 e. The number of likely N-dealkylation sites (N-methyl/N-ethyl adjacent to an activating group) is 1. The number of halogens is 1. The van der Waals surface area contributed by atoms with Crippen molar-refractivity contribution in [3.05, 3.63) is 29.8 Å². The number of hydrogen-bond donors (Lipinski definition) is 2. The summed E-state index contributed by atoms with van der Waals surface area (Å²) in [5.41, 5.74) is 0.449. The third-order valence-electron chi connectivity index (χ3n) is 4.64. The lowest BCUT2D eigenvalue weighted by atomic mass is 10.1. The molecule has 2 fully saturated rings. The molecule has 2 N–H and O–H groups in total. The van der Waals surface area contributed by atoms with Gasteiger partial charge in [-0.3, -0.25) is 9.59 Å². The van der Waals surface area contributed by atoms with E-state index >= 15 is 0 Å². The molecule has 1 aromatic carbocycles. The topological polar surface area (TPSA) is 98.8 Å². The van der Waals surface area contributed by atoms with Gasteiger partial charge in [0.05, 0.1) is 11.4 Å². The van der Waals surface area contributed by atoms with E-state index in [1.54, 1.807) is 11.9 Å². The summed E-state index contributed by atoms with van der Waals surface area (Å²) in [6, 6.07) is 6.06. The summed E-state index contributed by atoms with van der Waals surface area (Å²) in [4.78, 5) is 25.7. The molecule has 2 heterocycles. The molecule has 144 valence electrons. The first-order valence-electron chi connectivity index (χ1n) is 8.24. The van der Waals surface area contributed by atoms with Gasteiger partial charge in [0.1, 0.15) is 0 Å². The second-order valence-corrected chi connectivity index (χ2v) is 8.21. The van der Waals surface area contributed by atoms with E-state index in [4.69, 9.17) is 0 Å². The van der Waals surface area contributed by atoms with Crippen LogP contribution in [0.25, 0.3) is 0 Å². The van der Waals surface area contributed by atoms with Crippen molar-refractivity contribution in [2.45, 2.75) is 17.4 Å². The van der Waals surface area contributed by atoms with Crippen molar-refractivity contribution >= 4 is 34.2 Å². The van der Waals surface area contributed by atoms with Gasteiger partial charge in [-0.2, -0.15) is 4.31 Å². The Bertz CT molecular complexity index is 763. The predicted octanol–water partition coefficient (Wildman–Crippen LogP) is -0.337. The average molecular weight is 403 g/mol. The lowest BCUT2D eigenvalue weighted by Crippen LogP contribution is -2.49. The number of nitrogens with one attached hydrogen (secondary N) is 2. The predicted molar refractivity (Wildman–Crippen MR) is 98.8 cm³/mol. The molecule has 0 aliphatic carbocycles. The molecule has 1 unspecified atom stereocenters. The van der Waals surface area contributed by atoms with E-state index < -0.39 is 10.0 Å². The van der Waals surface area contributed by atoms with Crippen molar-refractivity contribution in [1.29, 1.82) is 0 Å². The summed E-state index contributed by atoms with van der Waals surface area (Å²) in [5.74, 6) is -0.441. The number of piperazine rings is 1. The van der Waals surface area contributed by atoms with Gasteiger partial charge in [0.15, 0.2) is 0 Å². The van der Waals surface area contributed by atoms with Crippen LogP contribution in [0.1, 0.15) is 16.8 Å². The van der Waals surface area contributed by atoms with Gasteiger partial charge in [-0.25, -0.2) is 8.42 Å². The number of carbonyl (C=O) groups is 2. The number of nitrogens with zero attached hydrogens (tertiary/aromatic N) is 2. The molecule has 8 nitrogen and oxygen atoms in total. The molecule has 3 rings (SSSR count). The van der Waals surface area contributed by atoms with Gasteiger partial charge in [0.25, 0.3) is 5.91 Å². The quantitative estimate of drug-likeness (QED) is 0.718. The fraction of sp³-hybridized carbons (Fsp3) is 0.500. The van der Waals surface area contributed by atoms with Gasteiger partial charge in [0.2, 0.25) is 15.9 Å². The molecule has 2 aliphatic heterocycles. The zero-order chi connectivity index (χ0) is 18.0. The van der Waals surface area contributed by atoms with Crippen LogP contribution in [0.5, 0.6) is 0 Å². The van der Waals surface area contributed by atoms with Crippen LogP contribution in [0.2, 0.25) is 0 Å². The highest BCUT2D eigenvalue weighted by Crippen LogP contribution is 2.18. The van der Waals surface area contributed by atoms with Crippen LogP contribution >= 0.6 is 12.4 Å². The minimum absolute atomic E-state index is 0. The van der Waals surface area contributed by atoms with E-state index in [2.05, 4.69) is 10.6 Å². The summed E-state index contributed by atoms with van der Waals surface area (Å²) in [7, 11) is -1.97. The van der Waals surface area contributed by atoms with Crippen molar-refractivity contribution in [2.75, 3.05) is 39.8 Å². The summed E-state index contributed by atoms with van der Waals surface area (Å²) in [5, 5.41) is 5.82. The Labute approximate surface area is 159 Å². The lowest BCUT2D eigenvalue weighted by Gasteiger charge is -2.26. The Morgan fingerprint density at radius 1 is 1.23 bits per heavy atom. The zero-order valence-electron chi connectivity index (χ0n) is 14.5. The molecule has 0 aromatic heterocycles. The van der Waals surface area contributed by atoms with Crippen LogP contribution < -0.4 is 10.6 Å². The van der Waals surface area contributed by atoms with E-state index in [1.807, 2.05) is 0 Å². The number of carbonyl (C=O) groups excluding carboxylic acids is 2. The highest BCUT2D eigenvalue weighted by atomic mass is 35.5. The Kier molecular flexibility index (Phi) is 6.62. The van der Waals surface area contributed by atoms with Crippen molar-refractivity contribution in [3.8, 4) is 0 Å². The maximum absolute atomic E-state index is 12.6. The van der Waals surface area contributed by atoms with Gasteiger partial charge in [-0.05, 0) is 37.2 Å². The fourth-order valence-electron chi connectivity index (χ4n) is 3.08. The molecule has 1 atom stereocenters. The molecule has 0 bridgehead atoms. The monoisotopic (exact) mass is 402 g/mol. The van der Waals surface area contributed by atoms with Crippen molar-refractivity contribution in [2.24, 2.45) is 0 Å². The Morgan fingerprint density at radius 3 is 2.50 bits per heavy atom. The van der Waals surface area contributed by atoms with Gasteiger partial charge in [0, 0.05) is 38.3 Å². The maximum Gasteiger partial charge on any atom is 0.253 e. The highest BCUT2D eigenvalue weighted by Gasteiger charge is 2.29. The summed E-state index contributed by atoms with van der Waals surface area (Å²) >= 11 is 0. The number of sulfonamides is 1. The molecule has 10 heteroatoms. The van der Waals surface area contributed by atoms with Crippen LogP contribution in [-0.2, 0) is 14.8 Å². The Morgan fingerprint density at radius 2 is 1.92 bits per heavy atom. The van der Waals surface area contributed by atoms with E-state index in [-0.39, 0.29) is 48.2 Å². The van der Waals surface area contributed by atoms with Crippen molar-refractivity contribution in [1.82, 2.24) is 19.8 Å². The summed E-state index contributed by atoms with van der Waals surface area (Å²) < 4.78 is 26.4. The van der Waals surface area contributed by atoms with Crippen molar-refractivity contribution in [3.63, 3.8) is 0 Å². The molecule has 2 saturated heterocycles. The van der Waals surface area contributed by atoms with Gasteiger partial charge >= 0.3 is 0 Å². The third-order valence-corrected chi connectivity index (χ3v) is 6.50. The minimum atomic E-state index is -3.74. The largest absolute Gasteiger partial charge is 0.354 e. The van der Waals surface area contributed by atoms with Gasteiger partial charge in [-0.15, -0.1) is 12.4 Å². The second-order valence-electron chi connectivity index (χ2n) is 6.28. The van der Waals surface area contributed by atoms with E-state index in [9.17, 15) is 18.0 Å². The van der Waals surface area contributed by atoms with E-state index in [0.29, 0.717) is 12.1 Å². The van der Waals surface area contributed by atoms with Crippen LogP contribution in [-0.4, -0.2) is 75.3 Å². The molecule has 0 radical (unpaired) electrons. The highest BCUT2D eigenvalue weighted by molar-refractivity contribution is 7.89. The first-order chi connectivity index (χ1) is 11.9. The van der Waals surface area contributed by atoms with E-state index in [1.165, 1.54) is 24.3 Å². The zero-order valence-corrected chi connectivity index (χ0v) is 16.1. The first kappa shape index (κ1) is 20.6. The molecular weight excluding hydrogens is 380 g/mol. The van der Waals surface area contributed by atoms with Gasteiger partial charge in [-0.1, -0.05) is 0 Å². The second kappa shape index (κ2) is 8.34. The standard InChI is InChI=1S/C16H22N4O4S.ClH/c1-19(13-6-7-17-10-13)16(22)12-2-4-14(5-3-12)25(23,24)20-9-8-18-15(21)11-20;/h2-5,13,17H,6-11H2,1H3,(H,18,21);1H. The lowest BCUT2D eigenvalue weighted by molar-refractivity contribution is -0.122. The van der Waals surface area contributed by atoms with Crippen molar-refractivity contribution < 1.29 is 18.0 Å². The molecule has 26 heavy (non-hydrogen) atoms. The fourth-order valence-corrected chi connectivity index (χ4v) is 4.48. The summed E-state index contributed by atoms with van der Waals surface area (Å²) in [6.45, 7) is 2.02. The first-order valence-corrected chi connectivity index (χ1v) is 9.68. The Hall–Kier alpha value is -1.68. The third kappa shape index (κ3) is 4.17. The smallest absolute Gasteiger partial charge is 0.253 e. The maximum atomic E-state index is 12.6. The Balaban J connectivity index is 0.00000243. The van der Waals surface area contributed by atoms with Gasteiger partial charge < -0.3 is 15.5 Å². The molecular formula is C16H23ClN4O4S. The molecule has 2 amide bonds. The van der Waals surface area contributed by atoms with Crippen LogP contribution in [0.15, 0.2) is 29.2 Å². The molecule has 2 aliphatic rings. The average Bonchev–Trinajstić information content (AvgIpc) is 3.15. The molecule has 0 spiro atoms. The van der Waals surface area contributed by atoms with Crippen LogP contribution in [0, 0.1) is 0 Å². The normalized spacial score (nSPS) is 21.0. The van der Waals surface area contributed by atoms with E-state index in [0.717, 1.165) is 23.8 Å². The number of benzene rings is 1. The van der Waals surface area contributed by atoms with Crippen LogP contribution in [0.3, 0.4) is 0 Å². The summed E-state index contributed by atoms with van der Waals surface area (Å²) in [6.07, 6.45) is 0.908. The number of rotatable bonds is 4. The SMILES string of the molecule is CN(C(=O)c1ccc(S(=O)(=O)N2CCNC(=O)C2)cc1)C1CCNC1.Cl. The number of hydrogen-bond acceptors (Lipinski definition) is 5. The van der Waals surface area contributed by atoms with Crippen LogP contribution in [0.4, 0.5) is 0 Å². The number of amides is 2.